The number of nitrogens with one attached hydrogen (secondary N) is 12. The zero-order chi connectivity index (χ0) is 99.6. The van der Waals surface area contributed by atoms with Gasteiger partial charge in [0.2, 0.25) is 2.86 Å². The molecular formula is C58H146N29O18-15. The molecule has 47 nitrogen and oxygen atoms in total. The van der Waals surface area contributed by atoms with E-state index < -0.39 is 0 Å². The molecule has 3 saturated heterocycles. The number of hydrogen-bond acceptors (Lipinski definition) is 33. The molecule has 646 valence electrons. The summed E-state index contributed by atoms with van der Waals surface area (Å²) in [5.41, 5.74) is 13.6. The summed E-state index contributed by atoms with van der Waals surface area (Å²) in [7, 11) is 0. The van der Waals surface area contributed by atoms with E-state index in [0.29, 0.717) is 30.5 Å². The Morgan fingerprint density at radius 1 is 0.486 bits per heavy atom. The van der Waals surface area contributed by atoms with E-state index >= 15 is 0 Å². The van der Waals surface area contributed by atoms with Crippen LogP contribution in [0.4, 0.5) is 0 Å². The number of fused-ring (bicyclic) bond motifs is 4. The maximum absolute atomic E-state index is 7.75. The first kappa shape index (κ1) is 95.7. The first-order chi connectivity index (χ1) is 59.4. The predicted octanol–water partition coefficient (Wildman–Crippen LogP) is 22.4. The molecule has 0 aromatic heterocycles. The van der Waals surface area contributed by atoms with Crippen molar-refractivity contribution in [2.24, 2.45) is 11.8 Å². The Kier molecular flexibility index (Phi) is 153. The van der Waals surface area contributed by atoms with Crippen LogP contribution >= 0.6 is 0 Å². The number of hydrogen-bond donors (Lipinski definition) is 28. The van der Waals surface area contributed by atoms with Crippen molar-refractivity contribution >= 4 is 18.2 Å². The van der Waals surface area contributed by atoms with Crippen molar-refractivity contribution in [3.63, 3.8) is 0 Å². The summed E-state index contributed by atoms with van der Waals surface area (Å²) < 4.78 is 175. The average molecular weight is 1570 g/mol. The van der Waals surface area contributed by atoms with E-state index in [2.05, 4.69) is 196 Å². The van der Waals surface area contributed by atoms with Gasteiger partial charge in [-0.15, -0.1) is 0 Å². The van der Waals surface area contributed by atoms with Crippen molar-refractivity contribution in [1.82, 2.24) is 86.0 Å². The molecule has 3 heterocycles. The van der Waals surface area contributed by atoms with Crippen LogP contribution in [0.5, 0.6) is 0 Å². The first-order valence-corrected chi connectivity index (χ1v) is 23.2. The number of ether oxygens (including phenoxy) is 3. The molecule has 5 unspecified atom stereocenters. The molecule has 6 aromatic rings. The van der Waals surface area contributed by atoms with Gasteiger partial charge in [0, 0.05) is 0 Å². The van der Waals surface area contributed by atoms with Gasteiger partial charge in [-0.1, -0.05) is 237 Å². The molecule has 47 heteroatoms. The highest BCUT2D eigenvalue weighted by atomic mass is 16.6. The smallest absolute Gasteiger partial charge is 0.206 e. The molecular weight excluding hydrogens is 1390 g/mol. The largest absolute Gasteiger partial charge is 0.790 e. The molecule has 5 atom stereocenters. The summed E-state index contributed by atoms with van der Waals surface area (Å²) in [6.45, 7) is 8.65. The van der Waals surface area contributed by atoms with Crippen LogP contribution < -0.4 is 97.8 Å². The lowest BCUT2D eigenvalue weighted by Gasteiger charge is -2.09. The highest BCUT2D eigenvalue weighted by molar-refractivity contribution is 5.56. The Hall–Kier alpha value is -7.34. The van der Waals surface area contributed by atoms with Crippen LogP contribution in [-0.4, -0.2) is 89.7 Å². The van der Waals surface area contributed by atoms with Gasteiger partial charge < -0.3 is 267 Å². The van der Waals surface area contributed by atoms with Gasteiger partial charge in [-0.25, -0.2) is 0 Å². The molecule has 3 aliphatic heterocycles. The van der Waals surface area contributed by atoms with E-state index in [4.69, 9.17) is 143 Å². The van der Waals surface area contributed by atoms with Gasteiger partial charge in [-0.2, -0.15) is 1.41 Å². The van der Waals surface area contributed by atoms with Gasteiger partial charge >= 0.3 is 0 Å². The molecule has 0 radical (unpaired) electrons. The molecule has 3 fully saturated rings. The zero-order valence-corrected chi connectivity index (χ0v) is 55.6. The second-order valence-electron chi connectivity index (χ2n) is 14.4. The van der Waals surface area contributed by atoms with Gasteiger partial charge in [-0.05, 0) is 84.0 Å². The number of allylic oxidation sites excluding steroid dienone is 2. The fourth-order valence-electron chi connectivity index (χ4n) is 6.78. The van der Waals surface area contributed by atoms with Crippen molar-refractivity contribution in [2.45, 2.75) is 99.8 Å². The summed E-state index contributed by atoms with van der Waals surface area (Å²) >= 11 is 0. The van der Waals surface area contributed by atoms with Crippen molar-refractivity contribution < 1.29 is 121 Å². The van der Waals surface area contributed by atoms with Crippen molar-refractivity contribution in [3.8, 4) is 0 Å². The fraction of sp³-hybridized carbons (Fsp3) is 0.276. The minimum atomic E-state index is 0. The quantitative estimate of drug-likeness (QED) is 0.0576. The lowest BCUT2D eigenvalue weighted by Crippen LogP contribution is -2.03. The van der Waals surface area contributed by atoms with E-state index in [0.717, 1.165) is 6.61 Å². The number of nitrogens with two attached hydrogens (primary N) is 3. The van der Waals surface area contributed by atoms with Gasteiger partial charge in [0.15, 0.2) is 17.2 Å². The molecule has 0 saturated carbocycles. The number of epoxide rings is 3. The van der Waals surface area contributed by atoms with E-state index in [1.807, 2.05) is 104 Å². The Balaban J connectivity index is -0.0000000321. The third kappa shape index (κ3) is 105. The molecule has 2 aliphatic carbocycles. The average Bonchev–Trinajstić information content (AvgIpc) is 1.62. The molecule has 0 bridgehead atoms. The molecule has 5 aliphatic rings. The highest BCUT2D eigenvalue weighted by Crippen LogP contribution is 2.46. The Morgan fingerprint density at radius 2 is 0.781 bits per heavy atom. The van der Waals surface area contributed by atoms with Crippen LogP contribution in [0.15, 0.2) is 189 Å². The van der Waals surface area contributed by atoms with Gasteiger partial charge in [0.1, 0.15) is 38.1 Å². The van der Waals surface area contributed by atoms with Crippen molar-refractivity contribution in [3.05, 3.63) is 320 Å². The molecule has 105 heavy (non-hydrogen) atoms. The Labute approximate surface area is 666 Å². The van der Waals surface area contributed by atoms with Crippen LogP contribution in [0.3, 0.4) is 0 Å². The lowest BCUT2D eigenvalue weighted by atomic mass is 9.92. The number of aryl methyl sites for hydroxylation is 2. The SMILES string of the molecule is C.C.C.C.C/C=C\c1ccccc1.C1=Cc2ccccc2CC1.C=Cc1ccccc1.CC1OC1c1ccccc1.N.N.N.N.N.N.N.N[O-].N[O-].[2H]N[2H].[2H]N[2H].[2H]N[2H].[2H]N[2H].[2H]N[2H].[2H]N[2H].[2H]N[2H].[2H]O[2H].[2H]O[NH-].[2H]O[NH-].[2H]O[NH-].[2H]O[NH-].[2H]O[NH-].[2H]O[NH-].[2H]O[NH-].[2H]O[NH-].[2H]O[NH-].[2H]O[NH-].[2H]O[NH-].[2H]O[NH-].[2H][NH-].c1ccc(C2CO2)cc1.c1ccc2c(c1)CCC1OC21. The van der Waals surface area contributed by atoms with Gasteiger partial charge in [0.25, 0.3) is 0 Å². The standard InChI is InChI=1S/C10H10O.C10H10.C9H10O.C9H10.C8H8O.C8H8.4CH4.14H2NO.14H3N.H2N.H2O/c1-2-4-8-7(3-1)5-6-9-10(8)11-9;1-2-6-10-8-4-3-7-9(10)5-1;1-7-9(10-7)8-5-3-2-4-6-8;1-2-6-9-7-4-3-5-8-9;1-2-4-7(5-3-1)8-6-9-8;1-2-8-6-4-3-5-7-8;;;;;14*1-2;;;;;;;;;;;;;;;;/h1-4,9-10H,5-6H2;1-3,5-7H,4,8H2;2-7,9H,1H3;2-8H,1H3;1-5,8H,6H2;2-7H,1H2;4*1H4;2*1H2;12*1-2H;14*1H3;2*1H2/q;;;;;;;;;;14*-1;;;;;;;;;;;;;;;-1;/b;;;6-2-;;;;;;;;;;;;;;;;;;;;;;;;;;;;;;;;;;;;/i;;;;;;;;;;;;12*2D;;;;;;;;;;;;;;;;/hD17. The molecule has 0 spiro atoms. The maximum Gasteiger partial charge on any atom is 0.206 e. The maximum atomic E-state index is 7.75. The van der Waals surface area contributed by atoms with Gasteiger partial charge in [0.05, 0.1) is 18.8 Å². The van der Waals surface area contributed by atoms with Crippen LogP contribution in [0.1, 0.15) is 119 Å². The first-order valence-electron chi connectivity index (χ1n) is 36.5. The Bertz CT molecular complexity index is 2600. The third-order valence-electron chi connectivity index (χ3n) is 10.1. The van der Waals surface area contributed by atoms with Crippen molar-refractivity contribution in [2.75, 3.05) is 6.61 Å². The van der Waals surface area contributed by atoms with Crippen LogP contribution in [-0.2, 0) is 27.1 Å². The third-order valence-corrected chi connectivity index (χ3v) is 10.1. The van der Waals surface area contributed by atoms with E-state index in [1.54, 1.807) is 0 Å². The van der Waals surface area contributed by atoms with Gasteiger partial charge in [-0.3, -0.25) is 0 Å². The summed E-state index contributed by atoms with van der Waals surface area (Å²) in [5.74, 6) is 71.0. The fourth-order valence-corrected chi connectivity index (χ4v) is 6.78. The van der Waals surface area contributed by atoms with Crippen LogP contribution in [0.2, 0.25) is 38.4 Å². The second-order valence-corrected chi connectivity index (χ2v) is 14.4. The number of rotatable bonds is 4. The molecule has 11 rings (SSSR count). The van der Waals surface area contributed by atoms with Crippen LogP contribution in [0.25, 0.3) is 95.1 Å². The molecule has 0 amide bonds. The van der Waals surface area contributed by atoms with E-state index in [1.165, 1.54) is 113 Å². The van der Waals surface area contributed by atoms with E-state index in [-0.39, 0.29) is 72.8 Å². The van der Waals surface area contributed by atoms with E-state index in [9.17, 15) is 0 Å². The molecule has 6 aromatic carbocycles. The predicted molar refractivity (Wildman–Crippen MR) is 433 cm³/mol. The minimum absolute atomic E-state index is 0. The van der Waals surface area contributed by atoms with Crippen molar-refractivity contribution in [1.29, 1.82) is 2.86 Å². The summed E-state index contributed by atoms with van der Waals surface area (Å²) in [4.78, 5) is 0. The zero-order valence-electron chi connectivity index (χ0n) is 84.6. The number of benzene rings is 6. The minimum Gasteiger partial charge on any atom is -0.790 e. The summed E-state index contributed by atoms with van der Waals surface area (Å²) in [6, 6.07) is 58.1. The van der Waals surface area contributed by atoms with Crippen LogP contribution in [0, 0.1) is 10.4 Å². The normalized spacial score (nSPS) is 15.1. The highest BCUT2D eigenvalue weighted by Gasteiger charge is 2.43. The topological polar surface area (TPSA) is 1220 Å². The molecule has 74 N–H and O–H groups in total. The lowest BCUT2D eigenvalue weighted by molar-refractivity contribution is 0.372. The monoisotopic (exact) mass is 1570 g/mol. The Morgan fingerprint density at radius 3 is 1.09 bits per heavy atom. The summed E-state index contributed by atoms with van der Waals surface area (Å²) in [5, 5.41) is 48.5. The second kappa shape index (κ2) is 168. The summed E-state index contributed by atoms with van der Waals surface area (Å²) in [6.07, 6.45) is 31.2.